The lowest BCUT2D eigenvalue weighted by molar-refractivity contribution is -0.136. The molecule has 0 saturated carbocycles. The van der Waals surface area contributed by atoms with Crippen molar-refractivity contribution in [1.29, 1.82) is 5.26 Å². The summed E-state index contributed by atoms with van der Waals surface area (Å²) >= 11 is 1.21. The summed E-state index contributed by atoms with van der Waals surface area (Å²) in [5.74, 6) is -0.148. The molecule has 6 nitrogen and oxygen atoms in total. The molecule has 2 heterocycles. The van der Waals surface area contributed by atoms with Crippen LogP contribution in [0.15, 0.2) is 51.3 Å². The van der Waals surface area contributed by atoms with E-state index in [9.17, 15) is 10.1 Å². The Morgan fingerprint density at radius 1 is 1.38 bits per heavy atom. The molecule has 0 amide bonds. The number of rotatable bonds is 2. The number of aliphatic imine (C=N–C) groups is 1. The van der Waals surface area contributed by atoms with E-state index < -0.39 is 12.0 Å². The van der Waals surface area contributed by atoms with Crippen LogP contribution in [0.1, 0.15) is 24.1 Å². The summed E-state index contributed by atoms with van der Waals surface area (Å²) in [7, 11) is 1.34. The van der Waals surface area contributed by atoms with Crippen molar-refractivity contribution in [1.82, 2.24) is 4.90 Å². The molecule has 0 aliphatic carbocycles. The van der Waals surface area contributed by atoms with E-state index in [4.69, 9.17) is 10.5 Å². The first-order valence-electron chi connectivity index (χ1n) is 7.29. The first kappa shape index (κ1) is 16.1. The summed E-state index contributed by atoms with van der Waals surface area (Å²) in [6, 6.07) is 9.45. The minimum atomic E-state index is -0.469. The van der Waals surface area contributed by atoms with Gasteiger partial charge in [0.2, 0.25) is 0 Å². The Balaban J connectivity index is 2.20. The Morgan fingerprint density at radius 3 is 2.62 bits per heavy atom. The van der Waals surface area contributed by atoms with Crippen LogP contribution in [0, 0.1) is 18.3 Å². The summed E-state index contributed by atoms with van der Waals surface area (Å²) in [4.78, 5) is 18.9. The van der Waals surface area contributed by atoms with Crippen LogP contribution in [0.5, 0.6) is 0 Å². The number of ether oxygens (including phenoxy) is 1. The van der Waals surface area contributed by atoms with Crippen molar-refractivity contribution in [2.24, 2.45) is 10.7 Å². The zero-order chi connectivity index (χ0) is 17.4. The van der Waals surface area contributed by atoms with Crippen LogP contribution < -0.4 is 5.73 Å². The molecule has 0 radical (unpaired) electrons. The molecule has 0 spiro atoms. The maximum absolute atomic E-state index is 12.4. The summed E-state index contributed by atoms with van der Waals surface area (Å²) in [5.41, 5.74) is 9.15. The van der Waals surface area contributed by atoms with Crippen LogP contribution in [0.4, 0.5) is 0 Å². The number of nitrogens with two attached hydrogens (primary N) is 1. The van der Waals surface area contributed by atoms with E-state index >= 15 is 0 Å². The van der Waals surface area contributed by atoms with Gasteiger partial charge in [-0.25, -0.2) is 9.79 Å². The smallest absolute Gasteiger partial charge is 0.338 e. The standard InChI is InChI=1S/C17H16N4O2S/c1-9-4-6-11(7-5-9)14-13(16(22)23-3)10(2)20-17-21(14)15(19)12(8-18)24-17/h4-7,14H,19H2,1-3H3/t14-/m0/s1. The molecule has 122 valence electrons. The highest BCUT2D eigenvalue weighted by Gasteiger charge is 2.42. The number of methoxy groups -OCH3 is 1. The van der Waals surface area contributed by atoms with Gasteiger partial charge in [0.1, 0.15) is 16.8 Å². The highest BCUT2D eigenvalue weighted by molar-refractivity contribution is 8.17. The SMILES string of the molecule is COC(=O)C1=C(C)N=C2SC(C#N)=C(N)N2[C@H]1c1ccc(C)cc1. The lowest BCUT2D eigenvalue weighted by atomic mass is 9.94. The molecule has 0 aromatic heterocycles. The second-order valence-electron chi connectivity index (χ2n) is 5.50. The predicted molar refractivity (Wildman–Crippen MR) is 92.3 cm³/mol. The minimum Gasteiger partial charge on any atom is -0.466 e. The van der Waals surface area contributed by atoms with Crippen molar-refractivity contribution in [3.8, 4) is 6.07 Å². The van der Waals surface area contributed by atoms with Crippen LogP contribution >= 0.6 is 11.8 Å². The largest absolute Gasteiger partial charge is 0.466 e. The molecule has 0 fully saturated rings. The molecular formula is C17H16N4O2S. The summed E-state index contributed by atoms with van der Waals surface area (Å²) < 4.78 is 4.95. The maximum Gasteiger partial charge on any atom is 0.338 e. The monoisotopic (exact) mass is 340 g/mol. The third-order valence-corrected chi connectivity index (χ3v) is 4.95. The molecule has 0 saturated heterocycles. The minimum absolute atomic E-state index is 0.306. The summed E-state index contributed by atoms with van der Waals surface area (Å²) in [6.07, 6.45) is 0. The van der Waals surface area contributed by atoms with Crippen molar-refractivity contribution >= 4 is 22.9 Å². The topological polar surface area (TPSA) is 91.7 Å². The third-order valence-electron chi connectivity index (χ3n) is 3.98. The van der Waals surface area contributed by atoms with Crippen molar-refractivity contribution in [3.63, 3.8) is 0 Å². The van der Waals surface area contributed by atoms with Gasteiger partial charge in [0, 0.05) is 0 Å². The predicted octanol–water partition coefficient (Wildman–Crippen LogP) is 2.55. The number of hydrogen-bond acceptors (Lipinski definition) is 7. The van der Waals surface area contributed by atoms with Crippen LogP contribution in [0.25, 0.3) is 0 Å². The van der Waals surface area contributed by atoms with Gasteiger partial charge in [-0.15, -0.1) is 0 Å². The van der Waals surface area contributed by atoms with Gasteiger partial charge in [0.05, 0.1) is 24.4 Å². The van der Waals surface area contributed by atoms with E-state index in [0.29, 0.717) is 27.2 Å². The van der Waals surface area contributed by atoms with Crippen LogP contribution in [0.2, 0.25) is 0 Å². The molecule has 0 unspecified atom stereocenters. The Morgan fingerprint density at radius 2 is 2.04 bits per heavy atom. The van der Waals surface area contributed by atoms with Crippen molar-refractivity contribution in [3.05, 3.63) is 57.4 Å². The van der Waals surface area contributed by atoms with Crippen molar-refractivity contribution < 1.29 is 9.53 Å². The zero-order valence-electron chi connectivity index (χ0n) is 13.5. The van der Waals surface area contributed by atoms with Crippen LogP contribution in [0.3, 0.4) is 0 Å². The molecule has 1 aromatic carbocycles. The summed E-state index contributed by atoms with van der Waals surface area (Å²) in [5, 5.41) is 9.87. The molecule has 3 rings (SSSR count). The van der Waals surface area contributed by atoms with Gasteiger partial charge in [-0.1, -0.05) is 29.8 Å². The highest BCUT2D eigenvalue weighted by Crippen LogP contribution is 2.45. The first-order valence-corrected chi connectivity index (χ1v) is 8.10. The number of thioether (sulfide) groups is 1. The van der Waals surface area contributed by atoms with Gasteiger partial charge >= 0.3 is 5.97 Å². The molecule has 1 aromatic rings. The van der Waals surface area contributed by atoms with E-state index in [1.807, 2.05) is 31.2 Å². The van der Waals surface area contributed by atoms with Crippen LogP contribution in [-0.2, 0) is 9.53 Å². The van der Waals surface area contributed by atoms with E-state index in [-0.39, 0.29) is 0 Å². The maximum atomic E-state index is 12.4. The number of nitriles is 1. The van der Waals surface area contributed by atoms with Gasteiger partial charge in [0.15, 0.2) is 5.17 Å². The number of nitrogens with zero attached hydrogens (tertiary/aromatic N) is 3. The summed E-state index contributed by atoms with van der Waals surface area (Å²) in [6.45, 7) is 3.76. The van der Waals surface area contributed by atoms with Gasteiger partial charge in [-0.2, -0.15) is 5.26 Å². The average molecular weight is 340 g/mol. The lowest BCUT2D eigenvalue weighted by Gasteiger charge is -2.34. The van der Waals surface area contributed by atoms with Gasteiger partial charge in [0.25, 0.3) is 0 Å². The molecule has 0 bridgehead atoms. The second-order valence-corrected chi connectivity index (χ2v) is 6.47. The molecule has 2 N–H and O–H groups in total. The number of carbonyl (C=O) groups excluding carboxylic acids is 1. The number of hydrogen-bond donors (Lipinski definition) is 1. The Bertz CT molecular complexity index is 846. The number of fused-ring (bicyclic) bond motifs is 1. The average Bonchev–Trinajstić information content (AvgIpc) is 2.89. The zero-order valence-corrected chi connectivity index (χ0v) is 14.3. The Kier molecular flexibility index (Phi) is 4.08. The fourth-order valence-electron chi connectivity index (χ4n) is 2.78. The number of allylic oxidation sites excluding steroid dienone is 2. The number of esters is 1. The normalized spacial score (nSPS) is 19.8. The van der Waals surface area contributed by atoms with E-state index in [1.54, 1.807) is 11.8 Å². The Labute approximate surface area is 144 Å². The highest BCUT2D eigenvalue weighted by atomic mass is 32.2. The van der Waals surface area contributed by atoms with Crippen LogP contribution in [-0.4, -0.2) is 23.1 Å². The molecular weight excluding hydrogens is 324 g/mol. The van der Waals surface area contributed by atoms with E-state index in [2.05, 4.69) is 11.1 Å². The van der Waals surface area contributed by atoms with E-state index in [1.165, 1.54) is 18.9 Å². The fourth-order valence-corrected chi connectivity index (χ4v) is 3.69. The number of amidine groups is 1. The van der Waals surface area contributed by atoms with Gasteiger partial charge in [-0.3, -0.25) is 4.90 Å². The number of aryl methyl sites for hydroxylation is 1. The first-order chi connectivity index (χ1) is 11.5. The van der Waals surface area contributed by atoms with Crippen molar-refractivity contribution in [2.45, 2.75) is 19.9 Å². The second kappa shape index (κ2) is 6.06. The Hall–Kier alpha value is -2.72. The molecule has 1 atom stereocenters. The third kappa shape index (κ3) is 2.45. The fraction of sp³-hybridized carbons (Fsp3) is 0.235. The molecule has 7 heteroatoms. The number of carbonyl (C=O) groups is 1. The number of benzene rings is 1. The van der Waals surface area contributed by atoms with Gasteiger partial charge in [-0.05, 0) is 31.2 Å². The van der Waals surface area contributed by atoms with Crippen molar-refractivity contribution in [2.75, 3.05) is 7.11 Å². The van der Waals surface area contributed by atoms with E-state index in [0.717, 1.165) is 11.1 Å². The molecule has 24 heavy (non-hydrogen) atoms. The molecule has 2 aliphatic heterocycles. The quantitative estimate of drug-likeness (QED) is 0.832. The molecule has 2 aliphatic rings. The van der Waals surface area contributed by atoms with Gasteiger partial charge < -0.3 is 10.5 Å². The lowest BCUT2D eigenvalue weighted by Crippen LogP contribution is -2.38.